The van der Waals surface area contributed by atoms with Crippen LogP contribution in [0.1, 0.15) is 39.5 Å². The second kappa shape index (κ2) is 15.2. The van der Waals surface area contributed by atoms with E-state index in [1.165, 1.54) is 0 Å². The van der Waals surface area contributed by atoms with Crippen molar-refractivity contribution in [3.63, 3.8) is 0 Å². The summed E-state index contributed by atoms with van der Waals surface area (Å²) >= 11 is 0. The number of nitrogens with zero attached hydrogens (tertiary/aromatic N) is 4. The van der Waals surface area contributed by atoms with Gasteiger partial charge in [-0.25, -0.2) is 10.1 Å². The molecule has 2 aromatic heterocycles. The van der Waals surface area contributed by atoms with Gasteiger partial charge >= 0.3 is 13.5 Å². The Morgan fingerprint density at radius 2 is 2.00 bits per heavy atom. The molecular weight excluding hydrogens is 521 g/mol. The minimum absolute atomic E-state index is 0.105. The first kappa shape index (κ1) is 30.1. The quantitative estimate of drug-likeness (QED) is 0.0881. The molecular formula is C26H38N7O5P. The number of benzene rings is 1. The minimum atomic E-state index is -3.65. The Bertz CT molecular complexity index is 1250. The number of ether oxygens (including phenoxy) is 2. The Hall–Kier alpha value is -3.47. The number of esters is 1. The largest absolute Gasteiger partial charge is 0.465 e. The van der Waals surface area contributed by atoms with Crippen molar-refractivity contribution in [3.05, 3.63) is 49.3 Å². The summed E-state index contributed by atoms with van der Waals surface area (Å²) in [6, 6.07) is 7.88. The maximum atomic E-state index is 13.7. The summed E-state index contributed by atoms with van der Waals surface area (Å²) in [7, 11) is -3.65. The minimum Gasteiger partial charge on any atom is -0.465 e. The number of carbonyl (C=O) groups excluding carboxylic acids is 1. The molecule has 39 heavy (non-hydrogen) atoms. The standard InChI is InChI=1S/C26H38N7O5P/c1-4-6-7-11-16-37-25(34)20(3)32-39(35,38-21-12-9-8-10-13-21)19-36-17-15-33-18-29-22-23(28-14-5-2)30-26(27)31-24(22)33/h5,8-10,12-13,18,20H,2,4,6-7,11,14-17,19H2,1,3H3,(H,32,35)(H3,27,28,30,31)/t20-,39?/m0/s1. The molecule has 0 aliphatic heterocycles. The predicted octanol–water partition coefficient (Wildman–Crippen LogP) is 4.35. The number of para-hydroxylation sites is 1. The van der Waals surface area contributed by atoms with E-state index in [2.05, 4.69) is 38.9 Å². The van der Waals surface area contributed by atoms with E-state index in [1.54, 1.807) is 48.2 Å². The fourth-order valence-electron chi connectivity index (χ4n) is 3.68. The Labute approximate surface area is 228 Å². The highest BCUT2D eigenvalue weighted by Gasteiger charge is 2.31. The first-order valence-electron chi connectivity index (χ1n) is 13.0. The van der Waals surface area contributed by atoms with Crippen molar-refractivity contribution >= 4 is 36.4 Å². The average Bonchev–Trinajstić information content (AvgIpc) is 3.32. The molecule has 3 rings (SSSR count). The molecule has 0 aliphatic carbocycles. The lowest BCUT2D eigenvalue weighted by atomic mass is 10.2. The van der Waals surface area contributed by atoms with Gasteiger partial charge in [-0.15, -0.1) is 6.58 Å². The number of nitrogen functional groups attached to an aromatic ring is 1. The lowest BCUT2D eigenvalue weighted by molar-refractivity contribution is -0.145. The molecule has 0 aliphatic rings. The summed E-state index contributed by atoms with van der Waals surface area (Å²) < 4.78 is 32.4. The molecule has 0 spiro atoms. The van der Waals surface area contributed by atoms with E-state index in [0.29, 0.717) is 42.4 Å². The van der Waals surface area contributed by atoms with Crippen molar-refractivity contribution in [1.82, 2.24) is 24.6 Å². The van der Waals surface area contributed by atoms with Crippen LogP contribution in [-0.2, 0) is 25.4 Å². The van der Waals surface area contributed by atoms with Gasteiger partial charge in [0.05, 0.1) is 19.5 Å². The van der Waals surface area contributed by atoms with Gasteiger partial charge in [-0.3, -0.25) is 9.36 Å². The smallest absolute Gasteiger partial charge is 0.342 e. The molecule has 12 nitrogen and oxygen atoms in total. The molecule has 0 bridgehead atoms. The number of hydrogen-bond donors (Lipinski definition) is 3. The predicted molar refractivity (Wildman–Crippen MR) is 152 cm³/mol. The van der Waals surface area contributed by atoms with Crippen molar-refractivity contribution in [1.29, 1.82) is 0 Å². The summed E-state index contributed by atoms with van der Waals surface area (Å²) in [6.45, 7) is 8.74. The van der Waals surface area contributed by atoms with Gasteiger partial charge in [0, 0.05) is 13.1 Å². The molecule has 0 radical (unpaired) electrons. The van der Waals surface area contributed by atoms with Crippen molar-refractivity contribution in [2.45, 2.75) is 52.1 Å². The molecule has 212 valence electrons. The van der Waals surface area contributed by atoms with Gasteiger partial charge < -0.3 is 29.6 Å². The number of nitrogens with one attached hydrogen (secondary N) is 2. The van der Waals surface area contributed by atoms with E-state index >= 15 is 0 Å². The third-order valence-electron chi connectivity index (χ3n) is 5.61. The van der Waals surface area contributed by atoms with E-state index in [-0.39, 0.29) is 18.9 Å². The summed E-state index contributed by atoms with van der Waals surface area (Å²) in [5.41, 5.74) is 6.97. The lowest BCUT2D eigenvalue weighted by Gasteiger charge is -2.23. The van der Waals surface area contributed by atoms with Crippen LogP contribution in [-0.4, -0.2) is 57.6 Å². The third kappa shape index (κ3) is 9.35. The highest BCUT2D eigenvalue weighted by Crippen LogP contribution is 2.43. The van der Waals surface area contributed by atoms with Crippen LogP contribution in [0.25, 0.3) is 11.2 Å². The van der Waals surface area contributed by atoms with Crippen LogP contribution < -0.4 is 20.7 Å². The van der Waals surface area contributed by atoms with Crippen LogP contribution in [0.3, 0.4) is 0 Å². The maximum absolute atomic E-state index is 13.7. The van der Waals surface area contributed by atoms with Gasteiger partial charge in [-0.2, -0.15) is 9.97 Å². The van der Waals surface area contributed by atoms with Crippen LogP contribution in [0.15, 0.2) is 49.3 Å². The second-order valence-corrected chi connectivity index (χ2v) is 11.0. The van der Waals surface area contributed by atoms with Crippen molar-refractivity contribution in [2.75, 3.05) is 37.2 Å². The van der Waals surface area contributed by atoms with E-state index in [1.807, 2.05) is 6.07 Å². The van der Waals surface area contributed by atoms with Crippen molar-refractivity contribution in [2.24, 2.45) is 0 Å². The monoisotopic (exact) mass is 559 g/mol. The van der Waals surface area contributed by atoms with Gasteiger partial charge in [-0.1, -0.05) is 50.5 Å². The fourth-order valence-corrected chi connectivity index (χ4v) is 5.39. The fraction of sp³-hybridized carbons (Fsp3) is 0.462. The highest BCUT2D eigenvalue weighted by molar-refractivity contribution is 7.57. The number of hydrogen-bond acceptors (Lipinski definition) is 10. The second-order valence-electron chi connectivity index (χ2n) is 8.90. The van der Waals surface area contributed by atoms with Gasteiger partial charge in [-0.05, 0) is 25.5 Å². The molecule has 0 fully saturated rings. The molecule has 0 saturated carbocycles. The molecule has 3 aromatic rings. The number of anilines is 2. The molecule has 2 heterocycles. The first-order valence-corrected chi connectivity index (χ1v) is 14.8. The number of nitrogens with two attached hydrogens (primary N) is 1. The Morgan fingerprint density at radius 1 is 1.21 bits per heavy atom. The van der Waals surface area contributed by atoms with Gasteiger partial charge in [0.25, 0.3) is 0 Å². The molecule has 2 atom stereocenters. The number of fused-ring (bicyclic) bond motifs is 1. The van der Waals surface area contributed by atoms with Crippen LogP contribution >= 0.6 is 7.52 Å². The SMILES string of the molecule is C=CCNc1nc(N)nc2c1ncn2CCOCP(=O)(N[C@@H](C)C(=O)OCCCCCC)Oc1ccccc1. The van der Waals surface area contributed by atoms with Crippen LogP contribution in [0.4, 0.5) is 11.8 Å². The van der Waals surface area contributed by atoms with Crippen LogP contribution in [0, 0.1) is 0 Å². The van der Waals surface area contributed by atoms with Gasteiger partial charge in [0.2, 0.25) is 5.95 Å². The lowest BCUT2D eigenvalue weighted by Crippen LogP contribution is -2.35. The Kier molecular flexibility index (Phi) is 11.7. The topological polar surface area (TPSA) is 156 Å². The summed E-state index contributed by atoms with van der Waals surface area (Å²) in [5.74, 6) is 0.511. The molecule has 0 saturated heterocycles. The van der Waals surface area contributed by atoms with Crippen molar-refractivity contribution < 1.29 is 23.4 Å². The van der Waals surface area contributed by atoms with Crippen LogP contribution in [0.5, 0.6) is 5.75 Å². The maximum Gasteiger partial charge on any atom is 0.342 e. The molecule has 1 aromatic carbocycles. The van der Waals surface area contributed by atoms with Gasteiger partial charge in [0.15, 0.2) is 17.0 Å². The third-order valence-corrected chi connectivity index (χ3v) is 7.42. The Morgan fingerprint density at radius 3 is 2.74 bits per heavy atom. The van der Waals surface area contributed by atoms with E-state index < -0.39 is 19.5 Å². The number of aromatic nitrogens is 4. The zero-order chi connectivity index (χ0) is 28.1. The number of unbranched alkanes of at least 4 members (excludes halogenated alkanes) is 3. The normalized spacial score (nSPS) is 13.5. The molecule has 1 unspecified atom stereocenters. The zero-order valence-electron chi connectivity index (χ0n) is 22.5. The molecule has 4 N–H and O–H groups in total. The van der Waals surface area contributed by atoms with E-state index in [4.69, 9.17) is 19.7 Å². The number of carbonyl (C=O) groups is 1. The first-order chi connectivity index (χ1) is 18.8. The van der Waals surface area contributed by atoms with Gasteiger partial charge in [0.1, 0.15) is 18.1 Å². The summed E-state index contributed by atoms with van der Waals surface area (Å²) in [4.78, 5) is 25.4. The van der Waals surface area contributed by atoms with E-state index in [0.717, 1.165) is 25.7 Å². The van der Waals surface area contributed by atoms with Crippen molar-refractivity contribution in [3.8, 4) is 5.75 Å². The highest BCUT2D eigenvalue weighted by atomic mass is 31.2. The molecule has 0 amide bonds. The Balaban J connectivity index is 1.61. The zero-order valence-corrected chi connectivity index (χ0v) is 23.4. The molecule has 13 heteroatoms. The van der Waals surface area contributed by atoms with Crippen LogP contribution in [0.2, 0.25) is 0 Å². The van der Waals surface area contributed by atoms with E-state index in [9.17, 15) is 9.36 Å². The summed E-state index contributed by atoms with van der Waals surface area (Å²) in [6.07, 6.45) is 7.01. The number of imidazole rings is 1. The number of rotatable bonds is 18. The average molecular weight is 560 g/mol. The summed E-state index contributed by atoms with van der Waals surface area (Å²) in [5, 5.41) is 5.91.